The van der Waals surface area contributed by atoms with Gasteiger partial charge in [-0.3, -0.25) is 0 Å². The van der Waals surface area contributed by atoms with Crippen LogP contribution >= 0.6 is 0 Å². The maximum Gasteiger partial charge on any atom is 0.0585 e. The first kappa shape index (κ1) is 7.56. The average Bonchev–Trinajstić information content (AvgIpc) is 2.62. The summed E-state index contributed by atoms with van der Waals surface area (Å²) in [4.78, 5) is 0. The molecule has 0 amide bonds. The van der Waals surface area contributed by atoms with Gasteiger partial charge in [-0.05, 0) is 37.0 Å². The van der Waals surface area contributed by atoms with Gasteiger partial charge in [0, 0.05) is 6.04 Å². The molecule has 3 unspecified atom stereocenters. The Hall–Kier alpha value is -0.0800. The minimum absolute atomic E-state index is 0.0605. The standard InChI is InChI=1S/C9H17NO/c10-9(5-11)8-4-6-1-2-7(8)3-6/h6-9,11H,1-5,10H2/t6?,7?,8?,9-/m0/s1. The Labute approximate surface area is 67.8 Å². The molecule has 0 saturated heterocycles. The van der Waals surface area contributed by atoms with Gasteiger partial charge in [0.05, 0.1) is 6.61 Å². The molecule has 4 atom stereocenters. The fourth-order valence-corrected chi connectivity index (χ4v) is 2.95. The Balaban J connectivity index is 1.96. The van der Waals surface area contributed by atoms with E-state index in [0.29, 0.717) is 5.92 Å². The van der Waals surface area contributed by atoms with Crippen molar-refractivity contribution in [3.63, 3.8) is 0 Å². The van der Waals surface area contributed by atoms with Crippen LogP contribution in [0.4, 0.5) is 0 Å². The SMILES string of the molecule is N[C@@H](CO)C1CC2CCC1C2. The van der Waals surface area contributed by atoms with Crippen molar-refractivity contribution < 1.29 is 5.11 Å². The van der Waals surface area contributed by atoms with Crippen LogP contribution in [0.3, 0.4) is 0 Å². The van der Waals surface area contributed by atoms with Crippen molar-refractivity contribution in [1.29, 1.82) is 0 Å². The van der Waals surface area contributed by atoms with Crippen LogP contribution < -0.4 is 5.73 Å². The van der Waals surface area contributed by atoms with Crippen LogP contribution in [0, 0.1) is 17.8 Å². The molecule has 2 rings (SSSR count). The third-order valence-corrected chi connectivity index (χ3v) is 3.55. The predicted molar refractivity (Wildman–Crippen MR) is 44.0 cm³/mol. The topological polar surface area (TPSA) is 46.2 Å². The van der Waals surface area contributed by atoms with Crippen LogP contribution in [0.2, 0.25) is 0 Å². The van der Waals surface area contributed by atoms with Crippen molar-refractivity contribution in [3.05, 3.63) is 0 Å². The quantitative estimate of drug-likeness (QED) is 0.618. The Bertz CT molecular complexity index is 148. The largest absolute Gasteiger partial charge is 0.395 e. The molecule has 2 fully saturated rings. The van der Waals surface area contributed by atoms with Crippen molar-refractivity contribution in [2.45, 2.75) is 31.7 Å². The highest BCUT2D eigenvalue weighted by Gasteiger charge is 2.41. The molecule has 3 N–H and O–H groups in total. The lowest BCUT2D eigenvalue weighted by atomic mass is 9.84. The number of hydrogen-bond donors (Lipinski definition) is 2. The third-order valence-electron chi connectivity index (χ3n) is 3.55. The van der Waals surface area contributed by atoms with E-state index in [-0.39, 0.29) is 12.6 Å². The number of hydrogen-bond acceptors (Lipinski definition) is 2. The molecule has 0 radical (unpaired) electrons. The maximum atomic E-state index is 8.90. The summed E-state index contributed by atoms with van der Waals surface area (Å²) in [6.45, 7) is 0.174. The van der Waals surface area contributed by atoms with Crippen LogP contribution in [0.5, 0.6) is 0 Å². The summed E-state index contributed by atoms with van der Waals surface area (Å²) in [5, 5.41) is 8.90. The van der Waals surface area contributed by atoms with Gasteiger partial charge in [-0.2, -0.15) is 0 Å². The first-order valence-electron chi connectivity index (χ1n) is 4.67. The molecule has 0 aromatic heterocycles. The van der Waals surface area contributed by atoms with E-state index in [2.05, 4.69) is 0 Å². The van der Waals surface area contributed by atoms with Crippen LogP contribution in [0.1, 0.15) is 25.7 Å². The number of fused-ring (bicyclic) bond motifs is 2. The molecule has 0 heterocycles. The van der Waals surface area contributed by atoms with Gasteiger partial charge in [-0.15, -0.1) is 0 Å². The Morgan fingerprint density at radius 2 is 2.18 bits per heavy atom. The van der Waals surface area contributed by atoms with Gasteiger partial charge in [0.25, 0.3) is 0 Å². The van der Waals surface area contributed by atoms with Crippen molar-refractivity contribution in [3.8, 4) is 0 Å². The normalized spacial score (nSPS) is 44.7. The minimum Gasteiger partial charge on any atom is -0.395 e. The Kier molecular flexibility index (Phi) is 1.90. The third kappa shape index (κ3) is 1.18. The summed E-state index contributed by atoms with van der Waals surface area (Å²) in [6.07, 6.45) is 5.45. The minimum atomic E-state index is 0.0605. The molecule has 11 heavy (non-hydrogen) atoms. The summed E-state index contributed by atoms with van der Waals surface area (Å²) < 4.78 is 0. The van der Waals surface area contributed by atoms with E-state index < -0.39 is 0 Å². The van der Waals surface area contributed by atoms with E-state index in [1.54, 1.807) is 0 Å². The van der Waals surface area contributed by atoms with E-state index in [0.717, 1.165) is 11.8 Å². The molecule has 0 aromatic carbocycles. The van der Waals surface area contributed by atoms with Crippen molar-refractivity contribution in [2.24, 2.45) is 23.5 Å². The van der Waals surface area contributed by atoms with Crippen molar-refractivity contribution in [2.75, 3.05) is 6.61 Å². The number of nitrogens with two attached hydrogens (primary N) is 1. The highest BCUT2D eigenvalue weighted by Crippen LogP contribution is 2.49. The summed E-state index contributed by atoms with van der Waals surface area (Å²) in [5.74, 6) is 2.43. The van der Waals surface area contributed by atoms with E-state index in [4.69, 9.17) is 10.8 Å². The molecule has 2 heteroatoms. The summed E-state index contributed by atoms with van der Waals surface area (Å²) in [6, 6.07) is 0.0605. The Morgan fingerprint density at radius 3 is 2.64 bits per heavy atom. The molecule has 2 aliphatic carbocycles. The molecular weight excluding hydrogens is 138 g/mol. The fraction of sp³-hybridized carbons (Fsp3) is 1.00. The lowest BCUT2D eigenvalue weighted by Gasteiger charge is -2.26. The molecular formula is C9H17NO. The first-order chi connectivity index (χ1) is 5.31. The van der Waals surface area contributed by atoms with Gasteiger partial charge in [0.1, 0.15) is 0 Å². The highest BCUT2D eigenvalue weighted by molar-refractivity contribution is 4.93. The van der Waals surface area contributed by atoms with Gasteiger partial charge >= 0.3 is 0 Å². The van der Waals surface area contributed by atoms with Crippen LogP contribution in [-0.2, 0) is 0 Å². The smallest absolute Gasteiger partial charge is 0.0585 e. The second-order valence-corrected chi connectivity index (χ2v) is 4.19. The second kappa shape index (κ2) is 2.76. The lowest BCUT2D eigenvalue weighted by molar-refractivity contribution is 0.188. The van der Waals surface area contributed by atoms with E-state index in [1.807, 2.05) is 0 Å². The molecule has 0 spiro atoms. The molecule has 2 bridgehead atoms. The van der Waals surface area contributed by atoms with Gasteiger partial charge < -0.3 is 10.8 Å². The monoisotopic (exact) mass is 155 g/mol. The average molecular weight is 155 g/mol. The molecule has 0 aliphatic heterocycles. The molecule has 2 nitrogen and oxygen atoms in total. The number of aliphatic hydroxyl groups is 1. The Morgan fingerprint density at radius 1 is 1.36 bits per heavy atom. The zero-order valence-electron chi connectivity index (χ0n) is 6.87. The highest BCUT2D eigenvalue weighted by atomic mass is 16.3. The summed E-state index contributed by atoms with van der Waals surface area (Å²) in [5.41, 5.74) is 5.81. The number of aliphatic hydroxyl groups excluding tert-OH is 1. The first-order valence-corrected chi connectivity index (χ1v) is 4.67. The van der Waals surface area contributed by atoms with E-state index in [1.165, 1.54) is 25.7 Å². The van der Waals surface area contributed by atoms with Crippen LogP contribution in [0.25, 0.3) is 0 Å². The van der Waals surface area contributed by atoms with Crippen LogP contribution in [0.15, 0.2) is 0 Å². The van der Waals surface area contributed by atoms with Crippen LogP contribution in [-0.4, -0.2) is 17.8 Å². The van der Waals surface area contributed by atoms with Crippen molar-refractivity contribution in [1.82, 2.24) is 0 Å². The second-order valence-electron chi connectivity index (χ2n) is 4.19. The molecule has 2 saturated carbocycles. The lowest BCUT2D eigenvalue weighted by Crippen LogP contribution is -2.36. The van der Waals surface area contributed by atoms with Gasteiger partial charge in [-0.1, -0.05) is 6.42 Å². The molecule has 2 aliphatic rings. The van der Waals surface area contributed by atoms with E-state index in [9.17, 15) is 0 Å². The number of rotatable bonds is 2. The van der Waals surface area contributed by atoms with Crippen molar-refractivity contribution >= 4 is 0 Å². The van der Waals surface area contributed by atoms with E-state index >= 15 is 0 Å². The maximum absolute atomic E-state index is 8.90. The zero-order valence-corrected chi connectivity index (χ0v) is 6.87. The zero-order chi connectivity index (χ0) is 7.84. The summed E-state index contributed by atoms with van der Waals surface area (Å²) >= 11 is 0. The van der Waals surface area contributed by atoms with Gasteiger partial charge in [-0.25, -0.2) is 0 Å². The van der Waals surface area contributed by atoms with Gasteiger partial charge in [0.15, 0.2) is 0 Å². The molecule has 0 aromatic rings. The summed E-state index contributed by atoms with van der Waals surface area (Å²) in [7, 11) is 0. The molecule has 64 valence electrons. The predicted octanol–water partition coefficient (Wildman–Crippen LogP) is 0.742. The fourth-order valence-electron chi connectivity index (χ4n) is 2.95. The van der Waals surface area contributed by atoms with Gasteiger partial charge in [0.2, 0.25) is 0 Å².